The molecule has 0 saturated heterocycles. The number of carbonyl (C=O) groups excluding carboxylic acids is 1. The van der Waals surface area contributed by atoms with Crippen LogP contribution in [-0.4, -0.2) is 21.0 Å². The van der Waals surface area contributed by atoms with Crippen LogP contribution in [-0.2, 0) is 4.79 Å². The first-order valence-corrected chi connectivity index (χ1v) is 6.22. The Kier molecular flexibility index (Phi) is 3.10. The predicted octanol–water partition coefficient (Wildman–Crippen LogP) is 2.25. The highest BCUT2D eigenvalue weighted by Crippen LogP contribution is 2.31. The molecule has 1 aliphatic carbocycles. The van der Waals surface area contributed by atoms with Crippen molar-refractivity contribution in [1.82, 2.24) is 15.2 Å². The first kappa shape index (κ1) is 11.6. The number of nitrogens with one attached hydrogen (secondary N) is 2. The quantitative estimate of drug-likeness (QED) is 0.881. The zero-order chi connectivity index (χ0) is 13.1. The fourth-order valence-corrected chi connectivity index (χ4v) is 2.36. The normalized spacial score (nSPS) is 19.1. The summed E-state index contributed by atoms with van der Waals surface area (Å²) >= 11 is 0. The fraction of sp³-hybridized carbons (Fsp3) is 0.214. The van der Waals surface area contributed by atoms with Crippen LogP contribution in [0.3, 0.4) is 0 Å². The van der Waals surface area contributed by atoms with Gasteiger partial charge in [0.25, 0.3) is 0 Å². The lowest BCUT2D eigenvalue weighted by Gasteiger charge is -2.22. The number of nitrogens with zero attached hydrogens (tertiary/aromatic N) is 2. The van der Waals surface area contributed by atoms with E-state index in [1.807, 2.05) is 18.2 Å². The summed E-state index contributed by atoms with van der Waals surface area (Å²) in [5.41, 5.74) is 2.07. The van der Waals surface area contributed by atoms with Crippen molar-refractivity contribution in [2.24, 2.45) is 0 Å². The standard InChI is InChI=1S/C14H14N4O/c19-13-7-11(10-4-2-1-3-5-10)6-12(8-13)17-14-15-9-16-18-14/h1-5,8-9,11H,6-7H2,(H2,15,16,17,18). The molecule has 2 N–H and O–H groups in total. The number of benzene rings is 1. The highest BCUT2D eigenvalue weighted by molar-refractivity contribution is 5.92. The molecule has 2 aromatic rings. The number of carbonyl (C=O) groups is 1. The van der Waals surface area contributed by atoms with Gasteiger partial charge in [0.1, 0.15) is 6.33 Å². The lowest BCUT2D eigenvalue weighted by atomic mass is 9.85. The van der Waals surface area contributed by atoms with Crippen LogP contribution in [0.25, 0.3) is 0 Å². The van der Waals surface area contributed by atoms with Gasteiger partial charge in [0, 0.05) is 18.2 Å². The van der Waals surface area contributed by atoms with Gasteiger partial charge < -0.3 is 5.32 Å². The van der Waals surface area contributed by atoms with Crippen molar-refractivity contribution >= 4 is 11.7 Å². The molecule has 5 nitrogen and oxygen atoms in total. The average molecular weight is 254 g/mol. The molecule has 1 aromatic heterocycles. The van der Waals surface area contributed by atoms with Crippen molar-refractivity contribution in [3.63, 3.8) is 0 Å². The van der Waals surface area contributed by atoms with Crippen molar-refractivity contribution in [3.05, 3.63) is 54.0 Å². The molecule has 5 heteroatoms. The van der Waals surface area contributed by atoms with Gasteiger partial charge in [-0.15, -0.1) is 0 Å². The van der Waals surface area contributed by atoms with Crippen LogP contribution in [0.5, 0.6) is 0 Å². The second-order valence-electron chi connectivity index (χ2n) is 4.61. The summed E-state index contributed by atoms with van der Waals surface area (Å²) in [4.78, 5) is 15.8. The molecule has 0 radical (unpaired) electrons. The van der Waals surface area contributed by atoms with Crippen LogP contribution in [0.1, 0.15) is 24.3 Å². The number of allylic oxidation sites excluding steroid dienone is 2. The predicted molar refractivity (Wildman–Crippen MR) is 71.5 cm³/mol. The van der Waals surface area contributed by atoms with Gasteiger partial charge in [0.2, 0.25) is 5.95 Å². The molecule has 19 heavy (non-hydrogen) atoms. The maximum atomic E-state index is 11.8. The van der Waals surface area contributed by atoms with Gasteiger partial charge in [0.05, 0.1) is 0 Å². The molecule has 1 atom stereocenters. The average Bonchev–Trinajstić information content (AvgIpc) is 2.92. The Morgan fingerprint density at radius 3 is 2.79 bits per heavy atom. The molecular formula is C14H14N4O. The minimum absolute atomic E-state index is 0.141. The van der Waals surface area contributed by atoms with Crippen molar-refractivity contribution in [2.45, 2.75) is 18.8 Å². The molecule has 1 unspecified atom stereocenters. The Morgan fingerprint density at radius 2 is 2.05 bits per heavy atom. The van der Waals surface area contributed by atoms with Crippen molar-refractivity contribution in [3.8, 4) is 0 Å². The van der Waals surface area contributed by atoms with Crippen molar-refractivity contribution in [2.75, 3.05) is 5.32 Å². The Labute approximate surface area is 110 Å². The van der Waals surface area contributed by atoms with Gasteiger partial charge >= 0.3 is 0 Å². The van der Waals surface area contributed by atoms with Gasteiger partial charge in [-0.2, -0.15) is 10.1 Å². The summed E-state index contributed by atoms with van der Waals surface area (Å²) in [6, 6.07) is 10.1. The lowest BCUT2D eigenvalue weighted by Crippen LogP contribution is -2.17. The third-order valence-electron chi connectivity index (χ3n) is 3.21. The largest absolute Gasteiger partial charge is 0.328 e. The highest BCUT2D eigenvalue weighted by atomic mass is 16.1. The van der Waals surface area contributed by atoms with Gasteiger partial charge in [0.15, 0.2) is 5.78 Å². The van der Waals surface area contributed by atoms with E-state index in [1.165, 1.54) is 11.9 Å². The minimum atomic E-state index is 0.141. The topological polar surface area (TPSA) is 70.7 Å². The van der Waals surface area contributed by atoms with E-state index in [1.54, 1.807) is 6.08 Å². The third kappa shape index (κ3) is 2.70. The van der Waals surface area contributed by atoms with Gasteiger partial charge in [-0.05, 0) is 17.9 Å². The van der Waals surface area contributed by atoms with E-state index in [9.17, 15) is 4.79 Å². The maximum absolute atomic E-state index is 11.8. The Bertz CT molecular complexity index is 589. The SMILES string of the molecule is O=C1C=C(Nc2ncn[nH]2)CC(c2ccccc2)C1. The van der Waals surface area contributed by atoms with E-state index in [2.05, 4.69) is 32.6 Å². The molecule has 1 aliphatic rings. The number of hydrogen-bond acceptors (Lipinski definition) is 4. The van der Waals surface area contributed by atoms with Crippen LogP contribution >= 0.6 is 0 Å². The van der Waals surface area contributed by atoms with Crippen LogP contribution in [0.2, 0.25) is 0 Å². The van der Waals surface area contributed by atoms with E-state index in [0.29, 0.717) is 12.4 Å². The van der Waals surface area contributed by atoms with Crippen LogP contribution in [0.15, 0.2) is 48.4 Å². The van der Waals surface area contributed by atoms with Crippen LogP contribution in [0, 0.1) is 0 Å². The smallest absolute Gasteiger partial charge is 0.222 e. The zero-order valence-corrected chi connectivity index (χ0v) is 10.3. The minimum Gasteiger partial charge on any atom is -0.328 e. The van der Waals surface area contributed by atoms with Crippen LogP contribution < -0.4 is 5.32 Å². The molecule has 3 rings (SSSR count). The van der Waals surface area contributed by atoms with Gasteiger partial charge in [-0.1, -0.05) is 30.3 Å². The zero-order valence-electron chi connectivity index (χ0n) is 10.3. The number of rotatable bonds is 3. The molecular weight excluding hydrogens is 240 g/mol. The second-order valence-corrected chi connectivity index (χ2v) is 4.61. The Morgan fingerprint density at radius 1 is 1.21 bits per heavy atom. The summed E-state index contributed by atoms with van der Waals surface area (Å²) in [5, 5.41) is 9.60. The number of ketones is 1. The van der Waals surface area contributed by atoms with Crippen molar-refractivity contribution in [1.29, 1.82) is 0 Å². The van der Waals surface area contributed by atoms with E-state index in [0.717, 1.165) is 12.1 Å². The summed E-state index contributed by atoms with van der Waals surface area (Å²) < 4.78 is 0. The number of aromatic nitrogens is 3. The molecule has 0 bridgehead atoms. The Hall–Kier alpha value is -2.43. The van der Waals surface area contributed by atoms with E-state index >= 15 is 0 Å². The number of aromatic amines is 1. The molecule has 0 spiro atoms. The maximum Gasteiger partial charge on any atom is 0.222 e. The number of H-pyrrole nitrogens is 1. The van der Waals surface area contributed by atoms with Gasteiger partial charge in [-0.3, -0.25) is 4.79 Å². The lowest BCUT2D eigenvalue weighted by molar-refractivity contribution is -0.115. The summed E-state index contributed by atoms with van der Waals surface area (Å²) in [6.45, 7) is 0. The van der Waals surface area contributed by atoms with Gasteiger partial charge in [-0.25, -0.2) is 5.10 Å². The third-order valence-corrected chi connectivity index (χ3v) is 3.21. The van der Waals surface area contributed by atoms with E-state index in [-0.39, 0.29) is 11.7 Å². The number of hydrogen-bond donors (Lipinski definition) is 2. The number of anilines is 1. The second kappa shape index (κ2) is 5.06. The first-order valence-electron chi connectivity index (χ1n) is 6.22. The summed E-state index contributed by atoms with van der Waals surface area (Å²) in [6.07, 6.45) is 4.45. The van der Waals surface area contributed by atoms with E-state index in [4.69, 9.17) is 0 Å². The van der Waals surface area contributed by atoms with Crippen LogP contribution in [0.4, 0.5) is 5.95 Å². The summed E-state index contributed by atoms with van der Waals surface area (Å²) in [5.74, 6) is 0.930. The van der Waals surface area contributed by atoms with Crippen molar-refractivity contribution < 1.29 is 4.79 Å². The monoisotopic (exact) mass is 254 g/mol. The Balaban J connectivity index is 1.78. The van der Waals surface area contributed by atoms with E-state index < -0.39 is 0 Å². The molecule has 96 valence electrons. The summed E-state index contributed by atoms with van der Waals surface area (Å²) in [7, 11) is 0. The molecule has 0 fully saturated rings. The highest BCUT2D eigenvalue weighted by Gasteiger charge is 2.22. The molecule has 0 amide bonds. The first-order chi connectivity index (χ1) is 9.31. The molecule has 0 aliphatic heterocycles. The molecule has 1 heterocycles. The fourth-order valence-electron chi connectivity index (χ4n) is 2.36. The molecule has 0 saturated carbocycles. The molecule has 1 aromatic carbocycles.